The van der Waals surface area contributed by atoms with Gasteiger partial charge in [0.05, 0.1) is 23.9 Å². The Bertz CT molecular complexity index is 1040. The van der Waals surface area contributed by atoms with Crippen molar-refractivity contribution in [1.82, 2.24) is 5.43 Å². The fourth-order valence-corrected chi connectivity index (χ4v) is 2.98. The second kappa shape index (κ2) is 9.96. The van der Waals surface area contributed by atoms with Gasteiger partial charge in [-0.25, -0.2) is 5.43 Å². The first-order chi connectivity index (χ1) is 14.1. The fourth-order valence-electron chi connectivity index (χ4n) is 2.54. The first-order valence-electron chi connectivity index (χ1n) is 8.70. The second-order valence-corrected chi connectivity index (χ2v) is 6.85. The van der Waals surface area contributed by atoms with Crippen LogP contribution in [0.25, 0.3) is 0 Å². The quantitative estimate of drug-likeness (QED) is 0.407. The SMILES string of the molecule is COc1cc(/C=N\NC(=O)c2ccccc2Cl)ccc1OCc1cccc(Cl)c1. The van der Waals surface area contributed by atoms with Crippen molar-refractivity contribution < 1.29 is 14.3 Å². The van der Waals surface area contributed by atoms with Crippen molar-refractivity contribution in [2.45, 2.75) is 6.61 Å². The minimum absolute atomic E-state index is 0.355. The molecule has 29 heavy (non-hydrogen) atoms. The Kier molecular flexibility index (Phi) is 7.11. The van der Waals surface area contributed by atoms with Crippen LogP contribution in [-0.2, 0) is 6.61 Å². The Morgan fingerprint density at radius 1 is 1.03 bits per heavy atom. The van der Waals surface area contributed by atoms with Gasteiger partial charge in [-0.2, -0.15) is 5.10 Å². The highest BCUT2D eigenvalue weighted by molar-refractivity contribution is 6.33. The molecule has 148 valence electrons. The molecule has 1 amide bonds. The number of carbonyl (C=O) groups is 1. The fraction of sp³-hybridized carbons (Fsp3) is 0.0909. The van der Waals surface area contributed by atoms with E-state index in [1.54, 1.807) is 49.6 Å². The van der Waals surface area contributed by atoms with E-state index in [1.807, 2.05) is 24.3 Å². The lowest BCUT2D eigenvalue weighted by Crippen LogP contribution is -2.17. The van der Waals surface area contributed by atoms with Crippen molar-refractivity contribution in [3.8, 4) is 11.5 Å². The van der Waals surface area contributed by atoms with Crippen molar-refractivity contribution in [2.24, 2.45) is 5.10 Å². The van der Waals surface area contributed by atoms with E-state index in [9.17, 15) is 4.79 Å². The van der Waals surface area contributed by atoms with Crippen LogP contribution >= 0.6 is 23.2 Å². The maximum Gasteiger partial charge on any atom is 0.272 e. The number of halogens is 2. The molecule has 0 aliphatic carbocycles. The van der Waals surface area contributed by atoms with Gasteiger partial charge in [0, 0.05) is 5.02 Å². The van der Waals surface area contributed by atoms with Crippen molar-refractivity contribution in [2.75, 3.05) is 7.11 Å². The maximum atomic E-state index is 12.1. The predicted molar refractivity (Wildman–Crippen MR) is 115 cm³/mol. The summed E-state index contributed by atoms with van der Waals surface area (Å²) in [5.74, 6) is 0.749. The average molecular weight is 429 g/mol. The number of amides is 1. The van der Waals surface area contributed by atoms with Crippen LogP contribution in [0.4, 0.5) is 0 Å². The van der Waals surface area contributed by atoms with Gasteiger partial charge in [0.1, 0.15) is 6.61 Å². The lowest BCUT2D eigenvalue weighted by Gasteiger charge is -2.11. The number of hydrazone groups is 1. The summed E-state index contributed by atoms with van der Waals surface area (Å²) < 4.78 is 11.2. The van der Waals surface area contributed by atoms with Crippen LogP contribution in [0.15, 0.2) is 71.8 Å². The largest absolute Gasteiger partial charge is 0.493 e. The Hall–Kier alpha value is -3.02. The van der Waals surface area contributed by atoms with Crippen LogP contribution in [-0.4, -0.2) is 19.2 Å². The molecule has 0 unspecified atom stereocenters. The number of hydrogen-bond donors (Lipinski definition) is 1. The van der Waals surface area contributed by atoms with Crippen LogP contribution in [0.5, 0.6) is 11.5 Å². The van der Waals surface area contributed by atoms with Crippen LogP contribution in [0, 0.1) is 0 Å². The highest BCUT2D eigenvalue weighted by Gasteiger charge is 2.09. The molecule has 7 heteroatoms. The lowest BCUT2D eigenvalue weighted by atomic mass is 10.2. The monoisotopic (exact) mass is 428 g/mol. The molecule has 0 atom stereocenters. The summed E-state index contributed by atoms with van der Waals surface area (Å²) in [6.45, 7) is 0.359. The van der Waals surface area contributed by atoms with Gasteiger partial charge in [-0.05, 0) is 53.6 Å². The van der Waals surface area contributed by atoms with E-state index in [4.69, 9.17) is 32.7 Å². The molecule has 0 saturated carbocycles. The first-order valence-corrected chi connectivity index (χ1v) is 9.45. The van der Waals surface area contributed by atoms with E-state index in [2.05, 4.69) is 10.5 Å². The third-order valence-electron chi connectivity index (χ3n) is 3.97. The van der Waals surface area contributed by atoms with Gasteiger partial charge in [-0.15, -0.1) is 0 Å². The number of nitrogens with one attached hydrogen (secondary N) is 1. The summed E-state index contributed by atoms with van der Waals surface area (Å²) in [5.41, 5.74) is 4.49. The number of benzene rings is 3. The van der Waals surface area contributed by atoms with Crippen molar-refractivity contribution in [1.29, 1.82) is 0 Å². The Balaban J connectivity index is 1.64. The van der Waals surface area contributed by atoms with Gasteiger partial charge in [0.2, 0.25) is 0 Å². The third kappa shape index (κ3) is 5.73. The molecule has 0 radical (unpaired) electrons. The number of methoxy groups -OCH3 is 1. The second-order valence-electron chi connectivity index (χ2n) is 6.01. The average Bonchev–Trinajstić information content (AvgIpc) is 2.73. The van der Waals surface area contributed by atoms with Gasteiger partial charge < -0.3 is 9.47 Å². The summed E-state index contributed by atoms with van der Waals surface area (Å²) in [5, 5.41) is 4.99. The molecule has 0 aliphatic heterocycles. The molecule has 0 fully saturated rings. The number of rotatable bonds is 7. The summed E-state index contributed by atoms with van der Waals surface area (Å²) in [6, 6.07) is 19.6. The van der Waals surface area contributed by atoms with Crippen LogP contribution in [0.3, 0.4) is 0 Å². The van der Waals surface area contributed by atoms with E-state index in [0.717, 1.165) is 11.1 Å². The van der Waals surface area contributed by atoms with Gasteiger partial charge in [-0.1, -0.05) is 47.5 Å². The standard InChI is InChI=1S/C22H18Cl2N2O3/c1-28-21-12-15(13-25-26-22(27)18-7-2-3-8-19(18)24)9-10-20(21)29-14-16-5-4-6-17(23)11-16/h2-13H,14H2,1H3,(H,26,27)/b25-13-. The van der Waals surface area contributed by atoms with Crippen LogP contribution in [0.2, 0.25) is 10.0 Å². The Labute approximate surface area is 178 Å². The molecule has 3 rings (SSSR count). The minimum atomic E-state index is -0.389. The normalized spacial score (nSPS) is 10.7. The number of nitrogens with zero attached hydrogens (tertiary/aromatic N) is 1. The molecular weight excluding hydrogens is 411 g/mol. The van der Waals surface area contributed by atoms with E-state index in [0.29, 0.717) is 33.7 Å². The van der Waals surface area contributed by atoms with Crippen LogP contribution in [0.1, 0.15) is 21.5 Å². The van der Waals surface area contributed by atoms with Gasteiger partial charge in [0.15, 0.2) is 11.5 Å². The first kappa shape index (κ1) is 20.7. The molecule has 3 aromatic rings. The zero-order valence-electron chi connectivity index (χ0n) is 15.6. The number of hydrogen-bond acceptors (Lipinski definition) is 4. The van der Waals surface area contributed by atoms with E-state index >= 15 is 0 Å². The highest BCUT2D eigenvalue weighted by Crippen LogP contribution is 2.28. The molecule has 5 nitrogen and oxygen atoms in total. The van der Waals surface area contributed by atoms with Crippen molar-refractivity contribution in [3.05, 3.63) is 93.5 Å². The maximum absolute atomic E-state index is 12.1. The van der Waals surface area contributed by atoms with E-state index in [-0.39, 0.29) is 5.91 Å². The summed E-state index contributed by atoms with van der Waals surface area (Å²) in [4.78, 5) is 12.1. The summed E-state index contributed by atoms with van der Waals surface area (Å²) in [7, 11) is 1.56. The third-order valence-corrected chi connectivity index (χ3v) is 4.53. The Morgan fingerprint density at radius 2 is 1.86 bits per heavy atom. The van der Waals surface area contributed by atoms with Gasteiger partial charge >= 0.3 is 0 Å². The number of carbonyl (C=O) groups excluding carboxylic acids is 1. The van der Waals surface area contributed by atoms with E-state index < -0.39 is 0 Å². The van der Waals surface area contributed by atoms with Crippen LogP contribution < -0.4 is 14.9 Å². The molecule has 3 aromatic carbocycles. The Morgan fingerprint density at radius 3 is 2.62 bits per heavy atom. The zero-order valence-corrected chi connectivity index (χ0v) is 17.1. The molecule has 0 aromatic heterocycles. The molecule has 0 saturated heterocycles. The van der Waals surface area contributed by atoms with Gasteiger partial charge in [-0.3, -0.25) is 4.79 Å². The lowest BCUT2D eigenvalue weighted by molar-refractivity contribution is 0.0955. The predicted octanol–water partition coefficient (Wildman–Crippen LogP) is 5.34. The van der Waals surface area contributed by atoms with Crippen molar-refractivity contribution >= 4 is 35.3 Å². The van der Waals surface area contributed by atoms with E-state index in [1.165, 1.54) is 6.21 Å². The van der Waals surface area contributed by atoms with Gasteiger partial charge in [0.25, 0.3) is 5.91 Å². The molecular formula is C22H18Cl2N2O3. The zero-order chi connectivity index (χ0) is 20.6. The molecule has 0 aliphatic rings. The van der Waals surface area contributed by atoms with Crippen molar-refractivity contribution in [3.63, 3.8) is 0 Å². The number of ether oxygens (including phenoxy) is 2. The summed E-state index contributed by atoms with van der Waals surface area (Å²) >= 11 is 12.0. The molecule has 0 spiro atoms. The smallest absolute Gasteiger partial charge is 0.272 e. The molecule has 0 bridgehead atoms. The topological polar surface area (TPSA) is 59.9 Å². The summed E-state index contributed by atoms with van der Waals surface area (Å²) in [6.07, 6.45) is 1.51. The highest BCUT2D eigenvalue weighted by atomic mass is 35.5. The minimum Gasteiger partial charge on any atom is -0.493 e. The molecule has 1 N–H and O–H groups in total. The molecule has 0 heterocycles.